The maximum absolute atomic E-state index is 13.4. The Morgan fingerprint density at radius 2 is 1.55 bits per heavy atom. The molecule has 1 rings (SSSR count). The lowest BCUT2D eigenvalue weighted by Gasteiger charge is -2.38. The number of aryl methyl sites for hydroxylation is 1. The molecule has 0 radical (unpaired) electrons. The van der Waals surface area contributed by atoms with Crippen molar-refractivity contribution in [2.75, 3.05) is 32.1 Å². The zero-order chi connectivity index (χ0) is 29.1. The molecule has 6 N–H and O–H groups in total. The first kappa shape index (κ1) is 32.9. The highest BCUT2D eigenvalue weighted by atomic mass is 16.5. The van der Waals surface area contributed by atoms with E-state index in [0.717, 1.165) is 5.56 Å². The quantitative estimate of drug-likeness (QED) is 0.198. The van der Waals surface area contributed by atoms with E-state index in [2.05, 4.69) is 10.6 Å². The Morgan fingerprint density at radius 3 is 2.05 bits per heavy atom. The molecule has 0 saturated carbocycles. The van der Waals surface area contributed by atoms with Gasteiger partial charge >= 0.3 is 18.0 Å². The van der Waals surface area contributed by atoms with Crippen molar-refractivity contribution < 1.29 is 28.7 Å². The van der Waals surface area contributed by atoms with E-state index in [1.165, 1.54) is 7.11 Å². The summed E-state index contributed by atoms with van der Waals surface area (Å²) in [5, 5.41) is 5.37. The van der Waals surface area contributed by atoms with Crippen LogP contribution in [0.1, 0.15) is 65.9 Å². The molecule has 0 bridgehead atoms. The smallest absolute Gasteiger partial charge is 0.319 e. The Balaban J connectivity index is 2.92. The molecule has 10 heteroatoms. The lowest BCUT2D eigenvalue weighted by atomic mass is 9.67. The first-order valence-corrected chi connectivity index (χ1v) is 13.0. The van der Waals surface area contributed by atoms with Gasteiger partial charge in [-0.1, -0.05) is 38.5 Å². The molecular formula is C28H46N4O6. The Kier molecular flexibility index (Phi) is 12.2. The van der Waals surface area contributed by atoms with E-state index in [9.17, 15) is 19.2 Å². The van der Waals surface area contributed by atoms with Crippen LogP contribution in [-0.4, -0.2) is 50.7 Å². The molecule has 38 heavy (non-hydrogen) atoms. The number of nitrogens with one attached hydrogen (secondary N) is 2. The topological polar surface area (TPSA) is 163 Å². The van der Waals surface area contributed by atoms with Gasteiger partial charge in [-0.05, 0) is 71.0 Å². The zero-order valence-electron chi connectivity index (χ0n) is 23.9. The van der Waals surface area contributed by atoms with Gasteiger partial charge in [-0.25, -0.2) is 4.79 Å². The molecule has 10 nitrogen and oxygen atoms in total. The van der Waals surface area contributed by atoms with E-state index in [1.807, 2.05) is 32.9 Å². The average molecular weight is 535 g/mol. The van der Waals surface area contributed by atoms with E-state index < -0.39 is 34.2 Å². The Hall–Kier alpha value is -3.14. The number of amides is 3. The molecule has 3 amide bonds. The summed E-state index contributed by atoms with van der Waals surface area (Å²) in [4.78, 5) is 50.1. The molecule has 3 atom stereocenters. The average Bonchev–Trinajstić information content (AvgIpc) is 2.86. The van der Waals surface area contributed by atoms with Crippen LogP contribution >= 0.6 is 0 Å². The number of ether oxygens (including phenoxy) is 2. The van der Waals surface area contributed by atoms with Crippen LogP contribution in [0.4, 0.5) is 10.5 Å². The number of benzene rings is 1. The standard InChI is InChI=1S/C28H46N4O6/c1-8-27(5,23(34)37-7)15-20(17-29)16-28(6,18-26(3,4)22(30)33)24(35)38-14-13-31-25(36)32-21-11-9-19(2)10-12-21/h9-12,20H,8,13-18,29H2,1-7H3,(H2,30,33)(H2,31,32,36). The summed E-state index contributed by atoms with van der Waals surface area (Å²) in [7, 11) is 1.35. The van der Waals surface area contributed by atoms with E-state index in [-0.39, 0.29) is 44.4 Å². The lowest BCUT2D eigenvalue weighted by molar-refractivity contribution is -0.159. The number of primary amides is 1. The molecule has 1 aromatic carbocycles. The molecule has 214 valence electrons. The van der Waals surface area contributed by atoms with Gasteiger partial charge in [0.25, 0.3) is 0 Å². The van der Waals surface area contributed by atoms with Crippen LogP contribution in [0.3, 0.4) is 0 Å². The maximum atomic E-state index is 13.4. The Morgan fingerprint density at radius 1 is 0.974 bits per heavy atom. The third-order valence-corrected chi connectivity index (χ3v) is 7.19. The second-order valence-electron chi connectivity index (χ2n) is 11.3. The van der Waals surface area contributed by atoms with Gasteiger partial charge in [-0.15, -0.1) is 0 Å². The van der Waals surface area contributed by atoms with Crippen LogP contribution in [0.5, 0.6) is 0 Å². The molecule has 0 fully saturated rings. The van der Waals surface area contributed by atoms with Crippen molar-refractivity contribution in [3.63, 3.8) is 0 Å². The number of esters is 2. The SMILES string of the molecule is CCC(C)(CC(CN)CC(C)(CC(C)(C)C(N)=O)C(=O)OCCNC(=O)Nc1ccc(C)cc1)C(=O)OC. The van der Waals surface area contributed by atoms with E-state index in [0.29, 0.717) is 18.5 Å². The molecule has 0 aliphatic heterocycles. The summed E-state index contributed by atoms with van der Waals surface area (Å²) in [6.45, 7) is 11.0. The van der Waals surface area contributed by atoms with Crippen molar-refractivity contribution in [3.8, 4) is 0 Å². The van der Waals surface area contributed by atoms with Crippen LogP contribution in [0.2, 0.25) is 0 Å². The summed E-state index contributed by atoms with van der Waals surface area (Å²) in [6.07, 6.45) is 1.37. The number of nitrogens with two attached hydrogens (primary N) is 2. The number of methoxy groups -OCH3 is 1. The highest BCUT2D eigenvalue weighted by Gasteiger charge is 2.45. The molecule has 0 aromatic heterocycles. The highest BCUT2D eigenvalue weighted by molar-refractivity contribution is 5.89. The second-order valence-corrected chi connectivity index (χ2v) is 11.3. The molecule has 0 saturated heterocycles. The maximum Gasteiger partial charge on any atom is 0.319 e. The third kappa shape index (κ3) is 9.63. The fourth-order valence-electron chi connectivity index (χ4n) is 4.72. The third-order valence-electron chi connectivity index (χ3n) is 7.19. The minimum Gasteiger partial charge on any atom is -0.469 e. The molecule has 1 aromatic rings. The van der Waals surface area contributed by atoms with Crippen LogP contribution in [0.15, 0.2) is 24.3 Å². The summed E-state index contributed by atoms with van der Waals surface area (Å²) in [6, 6.07) is 6.92. The van der Waals surface area contributed by atoms with E-state index in [1.54, 1.807) is 32.9 Å². The lowest BCUT2D eigenvalue weighted by Crippen LogP contribution is -2.44. The molecule has 0 aliphatic rings. The number of carbonyl (C=O) groups excluding carboxylic acids is 4. The molecule has 0 aliphatic carbocycles. The summed E-state index contributed by atoms with van der Waals surface area (Å²) < 4.78 is 10.6. The van der Waals surface area contributed by atoms with Crippen LogP contribution in [-0.2, 0) is 23.9 Å². The van der Waals surface area contributed by atoms with Crippen molar-refractivity contribution in [1.29, 1.82) is 0 Å². The predicted molar refractivity (Wildman–Crippen MR) is 147 cm³/mol. The number of urea groups is 1. The first-order valence-electron chi connectivity index (χ1n) is 13.0. The fourth-order valence-corrected chi connectivity index (χ4v) is 4.72. The van der Waals surface area contributed by atoms with Crippen molar-refractivity contribution >= 4 is 29.6 Å². The number of hydrogen-bond donors (Lipinski definition) is 4. The Labute approximate surface area is 226 Å². The van der Waals surface area contributed by atoms with Crippen molar-refractivity contribution in [1.82, 2.24) is 5.32 Å². The van der Waals surface area contributed by atoms with Gasteiger partial charge in [0.15, 0.2) is 0 Å². The minimum absolute atomic E-state index is 0.0606. The monoisotopic (exact) mass is 534 g/mol. The first-order chi connectivity index (χ1) is 17.6. The van der Waals surface area contributed by atoms with Gasteiger partial charge in [-0.2, -0.15) is 0 Å². The van der Waals surface area contributed by atoms with Gasteiger partial charge in [0.1, 0.15) is 6.61 Å². The Bertz CT molecular complexity index is 965. The van der Waals surface area contributed by atoms with Gasteiger partial charge in [0.2, 0.25) is 5.91 Å². The molecule has 0 spiro atoms. The largest absolute Gasteiger partial charge is 0.469 e. The van der Waals surface area contributed by atoms with E-state index >= 15 is 0 Å². The number of anilines is 1. The molecule has 0 heterocycles. The fraction of sp³-hybridized carbons (Fsp3) is 0.643. The van der Waals surface area contributed by atoms with Gasteiger partial charge in [0.05, 0.1) is 24.5 Å². The van der Waals surface area contributed by atoms with Crippen molar-refractivity contribution in [2.45, 2.75) is 67.2 Å². The number of rotatable bonds is 15. The number of hydrogen-bond acceptors (Lipinski definition) is 7. The second kappa shape index (κ2) is 14.1. The van der Waals surface area contributed by atoms with E-state index in [4.69, 9.17) is 20.9 Å². The minimum atomic E-state index is -1.11. The van der Waals surface area contributed by atoms with Gasteiger partial charge in [0, 0.05) is 11.1 Å². The molecule has 3 unspecified atom stereocenters. The molecular weight excluding hydrogens is 488 g/mol. The van der Waals surface area contributed by atoms with Gasteiger partial charge in [-0.3, -0.25) is 14.4 Å². The van der Waals surface area contributed by atoms with Crippen molar-refractivity contribution in [2.24, 2.45) is 33.6 Å². The van der Waals surface area contributed by atoms with Crippen LogP contribution in [0, 0.1) is 29.1 Å². The summed E-state index contributed by atoms with van der Waals surface area (Å²) in [5.41, 5.74) is 10.5. The normalized spacial score (nSPS) is 15.4. The summed E-state index contributed by atoms with van der Waals surface area (Å²) >= 11 is 0. The zero-order valence-corrected chi connectivity index (χ0v) is 23.9. The predicted octanol–water partition coefficient (Wildman–Crippen LogP) is 3.51. The van der Waals surface area contributed by atoms with Crippen LogP contribution < -0.4 is 22.1 Å². The van der Waals surface area contributed by atoms with Gasteiger partial charge < -0.3 is 31.6 Å². The summed E-state index contributed by atoms with van der Waals surface area (Å²) in [5.74, 6) is -1.63. The number of carbonyl (C=O) groups is 4. The van der Waals surface area contributed by atoms with Crippen molar-refractivity contribution in [3.05, 3.63) is 29.8 Å². The van der Waals surface area contributed by atoms with Crippen LogP contribution in [0.25, 0.3) is 0 Å². The highest BCUT2D eigenvalue weighted by Crippen LogP contribution is 2.43.